The lowest BCUT2D eigenvalue weighted by atomic mass is 10.4. The Labute approximate surface area is 122 Å². The van der Waals surface area contributed by atoms with E-state index >= 15 is 0 Å². The van der Waals surface area contributed by atoms with Crippen LogP contribution >= 0.6 is 28.1 Å². The predicted molar refractivity (Wildman–Crippen MR) is 77.3 cm³/mol. The highest BCUT2D eigenvalue weighted by molar-refractivity contribution is 9.10. The number of fused-ring (bicyclic) bond motifs is 1. The van der Waals surface area contributed by atoms with Crippen LogP contribution in [0.15, 0.2) is 23.1 Å². The zero-order valence-electron chi connectivity index (χ0n) is 10.2. The first-order valence-electron chi connectivity index (χ1n) is 5.72. The Morgan fingerprint density at radius 2 is 2.32 bits per heavy atom. The standard InChI is InChI=1S/C11H11BrN6S/c1-17-6-14-16-9(17)2-3-18-10-8(15-11(18)19)4-7(12)5-13-10/h4-6H,2-3H2,1H3,(H,15,19). The average molecular weight is 339 g/mol. The molecular formula is C11H11BrN6S. The number of hydrogen-bond acceptors (Lipinski definition) is 4. The van der Waals surface area contributed by atoms with Crippen LogP contribution in [0.1, 0.15) is 5.82 Å². The van der Waals surface area contributed by atoms with Crippen molar-refractivity contribution in [2.24, 2.45) is 7.05 Å². The highest BCUT2D eigenvalue weighted by Gasteiger charge is 2.08. The molecule has 0 aliphatic rings. The summed E-state index contributed by atoms with van der Waals surface area (Å²) in [6.07, 6.45) is 4.22. The van der Waals surface area contributed by atoms with Crippen molar-refractivity contribution >= 4 is 39.3 Å². The van der Waals surface area contributed by atoms with Crippen LogP contribution in [-0.2, 0) is 20.0 Å². The Hall–Kier alpha value is -1.54. The van der Waals surface area contributed by atoms with Gasteiger partial charge in [0.15, 0.2) is 10.4 Å². The SMILES string of the molecule is Cn1cnnc1CCn1c(=S)[nH]c2cc(Br)cnc21. The number of rotatable bonds is 3. The Balaban J connectivity index is 1.95. The number of H-pyrrole nitrogens is 1. The van der Waals surface area contributed by atoms with Crippen LogP contribution in [0.5, 0.6) is 0 Å². The molecule has 0 amide bonds. The Morgan fingerprint density at radius 1 is 1.47 bits per heavy atom. The van der Waals surface area contributed by atoms with Crippen molar-refractivity contribution in [1.82, 2.24) is 29.3 Å². The average Bonchev–Trinajstić information content (AvgIpc) is 2.90. The van der Waals surface area contributed by atoms with Gasteiger partial charge in [0.25, 0.3) is 0 Å². The van der Waals surface area contributed by atoms with Crippen molar-refractivity contribution in [3.05, 3.63) is 33.7 Å². The monoisotopic (exact) mass is 338 g/mol. The molecule has 0 saturated heterocycles. The van der Waals surface area contributed by atoms with E-state index in [2.05, 4.69) is 36.1 Å². The number of halogens is 1. The molecule has 6 nitrogen and oxygen atoms in total. The van der Waals surface area contributed by atoms with Gasteiger partial charge in [0.1, 0.15) is 12.2 Å². The number of nitrogens with zero attached hydrogens (tertiary/aromatic N) is 5. The van der Waals surface area contributed by atoms with E-state index in [1.807, 2.05) is 22.2 Å². The van der Waals surface area contributed by atoms with E-state index in [1.54, 1.807) is 12.5 Å². The molecule has 0 aromatic carbocycles. The lowest BCUT2D eigenvalue weighted by molar-refractivity contribution is 0.652. The molecule has 1 N–H and O–H groups in total. The maximum absolute atomic E-state index is 5.33. The van der Waals surface area contributed by atoms with Gasteiger partial charge in [0.2, 0.25) is 0 Å². The minimum absolute atomic E-state index is 0.669. The lowest BCUT2D eigenvalue weighted by Crippen LogP contribution is -2.06. The normalized spacial score (nSPS) is 11.3. The fourth-order valence-corrected chi connectivity index (χ4v) is 2.59. The summed E-state index contributed by atoms with van der Waals surface area (Å²) in [5, 5.41) is 7.93. The van der Waals surface area contributed by atoms with Gasteiger partial charge in [-0.25, -0.2) is 4.98 Å². The van der Waals surface area contributed by atoms with Gasteiger partial charge in [-0.2, -0.15) is 0 Å². The minimum atomic E-state index is 0.669. The van der Waals surface area contributed by atoms with Crippen molar-refractivity contribution < 1.29 is 0 Å². The van der Waals surface area contributed by atoms with Crippen LogP contribution in [-0.4, -0.2) is 29.3 Å². The quantitative estimate of drug-likeness (QED) is 0.744. The van der Waals surface area contributed by atoms with Gasteiger partial charge >= 0.3 is 0 Å². The number of imidazole rings is 1. The second-order valence-electron chi connectivity index (χ2n) is 4.21. The van der Waals surface area contributed by atoms with Crippen LogP contribution in [0.4, 0.5) is 0 Å². The first-order valence-corrected chi connectivity index (χ1v) is 6.92. The Kier molecular flexibility index (Phi) is 3.19. The fourth-order valence-electron chi connectivity index (χ4n) is 1.97. The topological polar surface area (TPSA) is 64.3 Å². The van der Waals surface area contributed by atoms with E-state index in [1.165, 1.54) is 0 Å². The molecule has 0 bridgehead atoms. The summed E-state index contributed by atoms with van der Waals surface area (Å²) in [4.78, 5) is 7.55. The van der Waals surface area contributed by atoms with Gasteiger partial charge < -0.3 is 14.1 Å². The molecule has 8 heteroatoms. The molecule has 19 heavy (non-hydrogen) atoms. The Morgan fingerprint density at radius 3 is 3.05 bits per heavy atom. The van der Waals surface area contributed by atoms with Crippen LogP contribution in [0, 0.1) is 4.77 Å². The first kappa shape index (κ1) is 12.5. The van der Waals surface area contributed by atoms with Crippen molar-refractivity contribution in [2.75, 3.05) is 0 Å². The number of hydrogen-bond donors (Lipinski definition) is 1. The number of aromatic nitrogens is 6. The number of pyridine rings is 1. The molecule has 0 aliphatic heterocycles. The zero-order valence-corrected chi connectivity index (χ0v) is 12.6. The molecule has 0 atom stereocenters. The number of aromatic amines is 1. The second kappa shape index (κ2) is 4.86. The van der Waals surface area contributed by atoms with Gasteiger partial charge in [-0.3, -0.25) is 0 Å². The van der Waals surface area contributed by atoms with Crippen molar-refractivity contribution in [1.29, 1.82) is 0 Å². The fraction of sp³-hybridized carbons (Fsp3) is 0.273. The lowest BCUT2D eigenvalue weighted by Gasteiger charge is -2.03. The summed E-state index contributed by atoms with van der Waals surface area (Å²) in [7, 11) is 1.93. The van der Waals surface area contributed by atoms with Crippen LogP contribution in [0.25, 0.3) is 11.2 Å². The largest absolute Gasteiger partial charge is 0.329 e. The molecule has 0 spiro atoms. The summed E-state index contributed by atoms with van der Waals surface area (Å²) in [6.45, 7) is 0.722. The molecule has 0 unspecified atom stereocenters. The van der Waals surface area contributed by atoms with E-state index < -0.39 is 0 Å². The third-order valence-corrected chi connectivity index (χ3v) is 3.70. The third-order valence-electron chi connectivity index (χ3n) is 2.94. The van der Waals surface area contributed by atoms with Gasteiger partial charge in [0.05, 0.1) is 5.52 Å². The summed E-state index contributed by atoms with van der Waals surface area (Å²) in [6, 6.07) is 1.97. The molecular weight excluding hydrogens is 328 g/mol. The summed E-state index contributed by atoms with van der Waals surface area (Å²) in [5.41, 5.74) is 1.78. The van der Waals surface area contributed by atoms with Crippen molar-refractivity contribution in [3.63, 3.8) is 0 Å². The molecule has 3 aromatic heterocycles. The summed E-state index contributed by atoms with van der Waals surface area (Å²) < 4.78 is 5.48. The maximum atomic E-state index is 5.33. The smallest absolute Gasteiger partial charge is 0.179 e. The van der Waals surface area contributed by atoms with Crippen molar-refractivity contribution in [3.8, 4) is 0 Å². The van der Waals surface area contributed by atoms with Gasteiger partial charge in [-0.1, -0.05) is 0 Å². The molecule has 0 radical (unpaired) electrons. The molecule has 98 valence electrons. The van der Waals surface area contributed by atoms with Gasteiger partial charge in [0, 0.05) is 30.7 Å². The van der Waals surface area contributed by atoms with Crippen molar-refractivity contribution in [2.45, 2.75) is 13.0 Å². The minimum Gasteiger partial charge on any atom is -0.329 e. The third kappa shape index (κ3) is 2.33. The van der Waals surface area contributed by atoms with E-state index in [0.29, 0.717) is 4.77 Å². The molecule has 0 saturated carbocycles. The molecule has 3 rings (SSSR count). The zero-order chi connectivity index (χ0) is 13.4. The predicted octanol–water partition coefficient (Wildman–Crippen LogP) is 2.23. The molecule has 3 aromatic rings. The van der Waals surface area contributed by atoms with E-state index in [-0.39, 0.29) is 0 Å². The maximum Gasteiger partial charge on any atom is 0.179 e. The van der Waals surface area contributed by atoms with Gasteiger partial charge in [-0.15, -0.1) is 10.2 Å². The summed E-state index contributed by atoms with van der Waals surface area (Å²) >= 11 is 8.73. The van der Waals surface area contributed by atoms with Crippen LogP contribution in [0.3, 0.4) is 0 Å². The Bertz CT molecular complexity index is 786. The first-order chi connectivity index (χ1) is 9.15. The van der Waals surface area contributed by atoms with E-state index in [0.717, 1.165) is 34.4 Å². The number of aryl methyl sites for hydroxylation is 3. The second-order valence-corrected chi connectivity index (χ2v) is 5.52. The highest BCUT2D eigenvalue weighted by atomic mass is 79.9. The van der Waals surface area contributed by atoms with Gasteiger partial charge in [-0.05, 0) is 34.2 Å². The molecule has 0 fully saturated rings. The summed E-state index contributed by atoms with van der Waals surface area (Å²) in [5.74, 6) is 0.924. The van der Waals surface area contributed by atoms with Crippen LogP contribution < -0.4 is 0 Å². The van der Waals surface area contributed by atoms with E-state index in [4.69, 9.17) is 12.2 Å². The number of nitrogens with one attached hydrogen (secondary N) is 1. The highest BCUT2D eigenvalue weighted by Crippen LogP contribution is 2.17. The molecule has 0 aliphatic carbocycles. The molecule has 3 heterocycles. The van der Waals surface area contributed by atoms with E-state index in [9.17, 15) is 0 Å². The van der Waals surface area contributed by atoms with Crippen LogP contribution in [0.2, 0.25) is 0 Å².